The number of aromatic amines is 1. The Hall–Kier alpha value is -1.91. The van der Waals surface area contributed by atoms with E-state index in [2.05, 4.69) is 38.7 Å². The third-order valence-electron chi connectivity index (χ3n) is 4.56. The van der Waals surface area contributed by atoms with Crippen LogP contribution in [0, 0.1) is 6.92 Å². The van der Waals surface area contributed by atoms with Crippen LogP contribution in [0.2, 0.25) is 0 Å². The number of aliphatic imine (C=N–C) groups is 1. The minimum atomic E-state index is -0.00146. The average molecular weight is 438 g/mol. The average Bonchev–Trinajstić information content (AvgIpc) is 3.11. The SMILES string of the molecule is CCN(CC)CCCc1c(C)nc(CCSCc2csc(N=C(N)N)n2)[nH]c1=O. The Balaban J connectivity index is 1.82. The van der Waals surface area contributed by atoms with Gasteiger partial charge >= 0.3 is 0 Å². The molecule has 2 heterocycles. The monoisotopic (exact) mass is 437 g/mol. The van der Waals surface area contributed by atoms with E-state index < -0.39 is 0 Å². The minimum absolute atomic E-state index is 0.00146. The highest BCUT2D eigenvalue weighted by Crippen LogP contribution is 2.22. The lowest BCUT2D eigenvalue weighted by Crippen LogP contribution is -2.25. The van der Waals surface area contributed by atoms with Crippen LogP contribution in [0.1, 0.15) is 43.0 Å². The van der Waals surface area contributed by atoms with Crippen molar-refractivity contribution >= 4 is 34.2 Å². The summed E-state index contributed by atoms with van der Waals surface area (Å²) in [5.74, 6) is 2.37. The molecule has 2 rings (SSSR count). The fraction of sp³-hybridized carbons (Fsp3) is 0.579. The summed E-state index contributed by atoms with van der Waals surface area (Å²) in [6, 6.07) is 0. The van der Waals surface area contributed by atoms with Crippen molar-refractivity contribution < 1.29 is 0 Å². The summed E-state index contributed by atoms with van der Waals surface area (Å²) in [5.41, 5.74) is 13.3. The molecule has 2 aromatic rings. The molecule has 160 valence electrons. The summed E-state index contributed by atoms with van der Waals surface area (Å²) in [5, 5.41) is 2.52. The number of nitrogens with zero attached hydrogens (tertiary/aromatic N) is 4. The zero-order valence-electron chi connectivity index (χ0n) is 17.4. The molecule has 0 amide bonds. The van der Waals surface area contributed by atoms with Crippen molar-refractivity contribution in [3.8, 4) is 0 Å². The van der Waals surface area contributed by atoms with Gasteiger partial charge in [0.2, 0.25) is 5.13 Å². The van der Waals surface area contributed by atoms with Crippen LogP contribution in [0.15, 0.2) is 15.2 Å². The van der Waals surface area contributed by atoms with Gasteiger partial charge in [0, 0.05) is 34.6 Å². The molecule has 0 saturated heterocycles. The molecule has 29 heavy (non-hydrogen) atoms. The maximum Gasteiger partial charge on any atom is 0.254 e. The first-order chi connectivity index (χ1) is 13.9. The number of hydrogen-bond acceptors (Lipinski definition) is 7. The second-order valence-electron chi connectivity index (χ2n) is 6.67. The molecular weight excluding hydrogens is 406 g/mol. The minimum Gasteiger partial charge on any atom is -0.370 e. The quantitative estimate of drug-likeness (QED) is 0.264. The normalized spacial score (nSPS) is 11.2. The number of aromatic nitrogens is 3. The maximum absolute atomic E-state index is 12.5. The van der Waals surface area contributed by atoms with E-state index in [1.54, 1.807) is 11.8 Å². The Morgan fingerprint density at radius 1 is 1.28 bits per heavy atom. The predicted molar refractivity (Wildman–Crippen MR) is 123 cm³/mol. The van der Waals surface area contributed by atoms with Crippen LogP contribution < -0.4 is 17.0 Å². The molecule has 2 aromatic heterocycles. The summed E-state index contributed by atoms with van der Waals surface area (Å²) in [6.07, 6.45) is 2.45. The van der Waals surface area contributed by atoms with E-state index in [4.69, 9.17) is 11.5 Å². The highest BCUT2D eigenvalue weighted by molar-refractivity contribution is 7.98. The third-order valence-corrected chi connectivity index (χ3v) is 6.34. The first-order valence-corrected chi connectivity index (χ1v) is 11.9. The fourth-order valence-electron chi connectivity index (χ4n) is 2.97. The fourth-order valence-corrected chi connectivity index (χ4v) is 4.62. The van der Waals surface area contributed by atoms with Gasteiger partial charge in [-0.05, 0) is 39.4 Å². The van der Waals surface area contributed by atoms with Crippen molar-refractivity contribution in [1.82, 2.24) is 19.9 Å². The number of hydrogen-bond donors (Lipinski definition) is 3. The Bertz CT molecular complexity index is 854. The molecule has 0 saturated carbocycles. The predicted octanol–water partition coefficient (Wildman–Crippen LogP) is 2.19. The van der Waals surface area contributed by atoms with Gasteiger partial charge in [-0.3, -0.25) is 4.79 Å². The first kappa shape index (κ1) is 23.4. The number of rotatable bonds is 12. The summed E-state index contributed by atoms with van der Waals surface area (Å²) >= 11 is 3.15. The van der Waals surface area contributed by atoms with E-state index in [0.29, 0.717) is 11.6 Å². The molecule has 0 spiro atoms. The molecule has 0 bridgehead atoms. The van der Waals surface area contributed by atoms with Crippen LogP contribution in [0.3, 0.4) is 0 Å². The van der Waals surface area contributed by atoms with E-state index in [-0.39, 0.29) is 11.5 Å². The van der Waals surface area contributed by atoms with Crippen LogP contribution in [0.4, 0.5) is 5.13 Å². The highest BCUT2D eigenvalue weighted by atomic mass is 32.2. The maximum atomic E-state index is 12.5. The van der Waals surface area contributed by atoms with Crippen LogP contribution in [0.25, 0.3) is 0 Å². The van der Waals surface area contributed by atoms with Crippen LogP contribution >= 0.6 is 23.1 Å². The number of guanidine groups is 1. The lowest BCUT2D eigenvalue weighted by Gasteiger charge is -2.17. The lowest BCUT2D eigenvalue weighted by atomic mass is 10.1. The lowest BCUT2D eigenvalue weighted by molar-refractivity contribution is 0.300. The van der Waals surface area contributed by atoms with E-state index in [1.165, 1.54) is 11.3 Å². The van der Waals surface area contributed by atoms with Crippen molar-refractivity contribution in [2.75, 3.05) is 25.4 Å². The molecule has 0 aliphatic heterocycles. The summed E-state index contributed by atoms with van der Waals surface area (Å²) in [7, 11) is 0. The topological polar surface area (TPSA) is 126 Å². The van der Waals surface area contributed by atoms with Crippen molar-refractivity contribution in [2.45, 2.75) is 45.8 Å². The second-order valence-corrected chi connectivity index (χ2v) is 8.61. The van der Waals surface area contributed by atoms with Gasteiger partial charge in [-0.15, -0.1) is 11.3 Å². The van der Waals surface area contributed by atoms with E-state index in [0.717, 1.165) is 66.8 Å². The van der Waals surface area contributed by atoms with E-state index in [1.807, 2.05) is 12.3 Å². The number of thiazole rings is 1. The Morgan fingerprint density at radius 2 is 2.03 bits per heavy atom. The molecular formula is C19H31N7OS2. The molecule has 0 fully saturated rings. The number of nitrogens with one attached hydrogen (secondary N) is 1. The van der Waals surface area contributed by atoms with Crippen molar-refractivity contribution in [3.05, 3.63) is 38.5 Å². The largest absolute Gasteiger partial charge is 0.370 e. The molecule has 10 heteroatoms. The summed E-state index contributed by atoms with van der Waals surface area (Å²) < 4.78 is 0. The van der Waals surface area contributed by atoms with Gasteiger partial charge in [0.05, 0.1) is 5.69 Å². The van der Waals surface area contributed by atoms with E-state index >= 15 is 0 Å². The smallest absolute Gasteiger partial charge is 0.254 e. The third kappa shape index (κ3) is 7.79. The molecule has 0 aliphatic carbocycles. The van der Waals surface area contributed by atoms with Gasteiger partial charge in [-0.25, -0.2) is 9.97 Å². The zero-order chi connectivity index (χ0) is 21.2. The number of H-pyrrole nitrogens is 1. The van der Waals surface area contributed by atoms with Crippen LogP contribution in [0.5, 0.6) is 0 Å². The van der Waals surface area contributed by atoms with Crippen LogP contribution in [-0.4, -0.2) is 51.2 Å². The van der Waals surface area contributed by atoms with Crippen LogP contribution in [-0.2, 0) is 18.6 Å². The van der Waals surface area contributed by atoms with Crippen molar-refractivity contribution in [1.29, 1.82) is 0 Å². The molecule has 0 unspecified atom stereocenters. The molecule has 0 atom stereocenters. The zero-order valence-corrected chi connectivity index (χ0v) is 19.0. The van der Waals surface area contributed by atoms with Gasteiger partial charge in [0.1, 0.15) is 5.82 Å². The van der Waals surface area contributed by atoms with Gasteiger partial charge in [-0.2, -0.15) is 16.8 Å². The van der Waals surface area contributed by atoms with E-state index in [9.17, 15) is 4.79 Å². The Morgan fingerprint density at radius 3 is 2.69 bits per heavy atom. The van der Waals surface area contributed by atoms with Gasteiger partial charge in [0.25, 0.3) is 5.56 Å². The Kier molecular flexibility index (Phi) is 9.62. The molecule has 0 aromatic carbocycles. The van der Waals surface area contributed by atoms with Gasteiger partial charge in [-0.1, -0.05) is 13.8 Å². The number of thioether (sulfide) groups is 1. The Labute approximate surface area is 180 Å². The summed E-state index contributed by atoms with van der Waals surface area (Å²) in [4.78, 5) is 30.7. The van der Waals surface area contributed by atoms with Gasteiger partial charge in [0.15, 0.2) is 5.96 Å². The summed E-state index contributed by atoms with van der Waals surface area (Å²) in [6.45, 7) is 9.33. The van der Waals surface area contributed by atoms with Crippen molar-refractivity contribution in [2.24, 2.45) is 16.5 Å². The standard InChI is InChI=1S/C19H31N7OS2/c1-4-26(5-2)9-6-7-15-13(3)22-16(24-17(15)27)8-10-28-11-14-12-29-19(23-14)25-18(20)21/h12H,4-11H2,1-3H3,(H,22,24,27)(H4,20,21,23,25). The molecule has 0 radical (unpaired) electrons. The van der Waals surface area contributed by atoms with Gasteiger partial charge < -0.3 is 21.4 Å². The molecule has 8 nitrogen and oxygen atoms in total. The molecule has 0 aliphatic rings. The second kappa shape index (κ2) is 11.9. The van der Waals surface area contributed by atoms with Crippen molar-refractivity contribution in [3.63, 3.8) is 0 Å². The first-order valence-electron chi connectivity index (χ1n) is 9.85. The number of nitrogens with two attached hydrogens (primary N) is 2. The highest BCUT2D eigenvalue weighted by Gasteiger charge is 2.09. The molecule has 5 N–H and O–H groups in total. The number of aryl methyl sites for hydroxylation is 2.